The van der Waals surface area contributed by atoms with Crippen molar-refractivity contribution in [2.24, 2.45) is 0 Å². The summed E-state index contributed by atoms with van der Waals surface area (Å²) in [6.07, 6.45) is -4.53. The largest absolute Gasteiger partial charge is 0.478 e. The predicted molar refractivity (Wildman–Crippen MR) is 45.8 cm³/mol. The lowest BCUT2D eigenvalue weighted by Gasteiger charge is -2.09. The van der Waals surface area contributed by atoms with Crippen LogP contribution in [-0.4, -0.2) is 17.9 Å². The summed E-state index contributed by atoms with van der Waals surface area (Å²) in [5.41, 5.74) is -1.71. The van der Waals surface area contributed by atoms with Gasteiger partial charge in [-0.05, 0) is 13.0 Å². The highest BCUT2D eigenvalue weighted by Crippen LogP contribution is 2.31. The van der Waals surface area contributed by atoms with Gasteiger partial charge in [-0.3, -0.25) is 4.79 Å². The molecule has 0 aliphatic rings. The molecule has 0 fully saturated rings. The standard InChI is InChI=1S/C9H8F3NO2/c1-2-15-7-4-3-6(5-14)8(13-7)9(10,11)12/h3-5H,2H2,1H3. The molecular formula is C9H8F3NO2. The summed E-state index contributed by atoms with van der Waals surface area (Å²) in [7, 11) is 0. The number of carbonyl (C=O) groups is 1. The van der Waals surface area contributed by atoms with E-state index < -0.39 is 17.4 Å². The Balaban J connectivity index is 3.19. The van der Waals surface area contributed by atoms with Crippen LogP contribution in [0.25, 0.3) is 0 Å². The minimum absolute atomic E-state index is 0.117. The van der Waals surface area contributed by atoms with Crippen molar-refractivity contribution < 1.29 is 22.7 Å². The van der Waals surface area contributed by atoms with Crippen LogP contribution in [0.2, 0.25) is 0 Å². The van der Waals surface area contributed by atoms with E-state index in [1.54, 1.807) is 6.92 Å². The van der Waals surface area contributed by atoms with Gasteiger partial charge in [-0.25, -0.2) is 4.98 Å². The highest BCUT2D eigenvalue weighted by molar-refractivity contribution is 5.76. The second-order valence-corrected chi connectivity index (χ2v) is 2.64. The molecule has 0 spiro atoms. The summed E-state index contributed by atoms with van der Waals surface area (Å²) in [6.45, 7) is 1.84. The molecule has 0 radical (unpaired) electrons. The monoisotopic (exact) mass is 219 g/mol. The van der Waals surface area contributed by atoms with Crippen LogP contribution in [0, 0.1) is 0 Å². The van der Waals surface area contributed by atoms with Gasteiger partial charge >= 0.3 is 6.18 Å². The summed E-state index contributed by atoms with van der Waals surface area (Å²) >= 11 is 0. The fourth-order valence-corrected chi connectivity index (χ4v) is 1.00. The van der Waals surface area contributed by atoms with Crippen molar-refractivity contribution in [1.82, 2.24) is 4.98 Å². The first kappa shape index (κ1) is 11.5. The Hall–Kier alpha value is -1.59. The third kappa shape index (κ3) is 2.68. The fourth-order valence-electron chi connectivity index (χ4n) is 1.00. The molecule has 0 bridgehead atoms. The maximum Gasteiger partial charge on any atom is 0.434 e. The molecule has 1 rings (SSSR count). The molecule has 1 aromatic heterocycles. The van der Waals surface area contributed by atoms with Crippen molar-refractivity contribution in [2.75, 3.05) is 6.61 Å². The van der Waals surface area contributed by atoms with Gasteiger partial charge in [0.25, 0.3) is 0 Å². The average molecular weight is 219 g/mol. The van der Waals surface area contributed by atoms with E-state index in [4.69, 9.17) is 4.74 Å². The van der Waals surface area contributed by atoms with E-state index in [0.717, 1.165) is 6.07 Å². The molecule has 0 aliphatic heterocycles. The SMILES string of the molecule is CCOc1ccc(C=O)c(C(F)(F)F)n1. The molecule has 1 aromatic rings. The van der Waals surface area contributed by atoms with Crippen LogP contribution in [0.1, 0.15) is 23.0 Å². The lowest BCUT2D eigenvalue weighted by Crippen LogP contribution is -2.12. The first-order valence-corrected chi connectivity index (χ1v) is 4.15. The number of alkyl halides is 3. The topological polar surface area (TPSA) is 39.2 Å². The van der Waals surface area contributed by atoms with Crippen molar-refractivity contribution in [3.8, 4) is 5.88 Å². The quantitative estimate of drug-likeness (QED) is 0.732. The first-order valence-electron chi connectivity index (χ1n) is 4.15. The van der Waals surface area contributed by atoms with Crippen molar-refractivity contribution in [2.45, 2.75) is 13.1 Å². The molecule has 0 atom stereocenters. The van der Waals surface area contributed by atoms with Gasteiger partial charge in [-0.1, -0.05) is 0 Å². The molecule has 0 aliphatic carbocycles. The van der Waals surface area contributed by atoms with Gasteiger partial charge in [0.05, 0.1) is 6.61 Å². The van der Waals surface area contributed by atoms with Crippen LogP contribution >= 0.6 is 0 Å². The molecule has 15 heavy (non-hydrogen) atoms. The number of pyridine rings is 1. The van der Waals surface area contributed by atoms with E-state index in [-0.39, 0.29) is 18.8 Å². The Bertz CT molecular complexity index is 363. The molecule has 0 aromatic carbocycles. The maximum atomic E-state index is 12.4. The van der Waals surface area contributed by atoms with Crippen LogP contribution in [0.4, 0.5) is 13.2 Å². The van der Waals surface area contributed by atoms with E-state index in [9.17, 15) is 18.0 Å². The second-order valence-electron chi connectivity index (χ2n) is 2.64. The summed E-state index contributed by atoms with van der Waals surface area (Å²) in [5.74, 6) is -0.143. The zero-order valence-corrected chi connectivity index (χ0v) is 7.84. The minimum atomic E-state index is -4.65. The number of rotatable bonds is 3. The van der Waals surface area contributed by atoms with Crippen molar-refractivity contribution >= 4 is 6.29 Å². The maximum absolute atomic E-state index is 12.4. The van der Waals surface area contributed by atoms with Gasteiger partial charge in [0.15, 0.2) is 12.0 Å². The van der Waals surface area contributed by atoms with Crippen molar-refractivity contribution in [3.05, 3.63) is 23.4 Å². The lowest BCUT2D eigenvalue weighted by atomic mass is 10.2. The molecular weight excluding hydrogens is 211 g/mol. The molecule has 0 unspecified atom stereocenters. The van der Waals surface area contributed by atoms with Gasteiger partial charge in [-0.2, -0.15) is 13.2 Å². The number of halogens is 3. The number of aldehydes is 1. The Labute approximate surface area is 83.9 Å². The molecule has 0 N–H and O–H groups in total. The summed E-state index contributed by atoms with van der Waals surface area (Å²) in [4.78, 5) is 13.6. The van der Waals surface area contributed by atoms with Gasteiger partial charge in [-0.15, -0.1) is 0 Å². The van der Waals surface area contributed by atoms with Gasteiger partial charge in [0, 0.05) is 11.6 Å². The van der Waals surface area contributed by atoms with E-state index in [0.29, 0.717) is 0 Å². The average Bonchev–Trinajstić information content (AvgIpc) is 2.17. The smallest absolute Gasteiger partial charge is 0.434 e. The number of nitrogens with zero attached hydrogens (tertiary/aromatic N) is 1. The highest BCUT2D eigenvalue weighted by atomic mass is 19.4. The normalized spacial score (nSPS) is 11.2. The first-order chi connectivity index (χ1) is 6.99. The highest BCUT2D eigenvalue weighted by Gasteiger charge is 2.35. The van der Waals surface area contributed by atoms with E-state index in [1.807, 2.05) is 0 Å². The zero-order valence-electron chi connectivity index (χ0n) is 7.84. The predicted octanol–water partition coefficient (Wildman–Crippen LogP) is 2.31. The zero-order chi connectivity index (χ0) is 11.5. The molecule has 3 nitrogen and oxygen atoms in total. The molecule has 0 amide bonds. The number of hydrogen-bond donors (Lipinski definition) is 0. The Morgan fingerprint density at radius 2 is 2.13 bits per heavy atom. The molecule has 6 heteroatoms. The van der Waals surface area contributed by atoms with Crippen LogP contribution in [-0.2, 0) is 6.18 Å². The van der Waals surface area contributed by atoms with Gasteiger partial charge in [0.2, 0.25) is 5.88 Å². The third-order valence-electron chi connectivity index (χ3n) is 1.59. The Morgan fingerprint density at radius 1 is 1.47 bits per heavy atom. The number of hydrogen-bond acceptors (Lipinski definition) is 3. The number of ether oxygens (including phenoxy) is 1. The van der Waals surface area contributed by atoms with Crippen LogP contribution in [0.3, 0.4) is 0 Å². The second kappa shape index (κ2) is 4.29. The number of aromatic nitrogens is 1. The van der Waals surface area contributed by atoms with Gasteiger partial charge in [0.1, 0.15) is 0 Å². The van der Waals surface area contributed by atoms with Crippen LogP contribution in [0.5, 0.6) is 5.88 Å². The van der Waals surface area contributed by atoms with E-state index in [2.05, 4.69) is 4.98 Å². The Kier molecular flexibility index (Phi) is 3.28. The van der Waals surface area contributed by atoms with E-state index in [1.165, 1.54) is 6.07 Å². The number of carbonyl (C=O) groups excluding carboxylic acids is 1. The summed E-state index contributed by atoms with van der Waals surface area (Å²) in [5, 5.41) is 0. The van der Waals surface area contributed by atoms with E-state index >= 15 is 0 Å². The lowest BCUT2D eigenvalue weighted by molar-refractivity contribution is -0.141. The fraction of sp³-hybridized carbons (Fsp3) is 0.333. The summed E-state index contributed by atoms with van der Waals surface area (Å²) in [6, 6.07) is 2.26. The molecule has 82 valence electrons. The van der Waals surface area contributed by atoms with Crippen molar-refractivity contribution in [1.29, 1.82) is 0 Å². The molecule has 0 saturated heterocycles. The van der Waals surface area contributed by atoms with Crippen LogP contribution in [0.15, 0.2) is 12.1 Å². The Morgan fingerprint density at radius 3 is 2.60 bits per heavy atom. The minimum Gasteiger partial charge on any atom is -0.478 e. The molecule has 1 heterocycles. The summed E-state index contributed by atoms with van der Waals surface area (Å²) < 4.78 is 42.0. The van der Waals surface area contributed by atoms with Gasteiger partial charge < -0.3 is 4.74 Å². The third-order valence-corrected chi connectivity index (χ3v) is 1.59. The van der Waals surface area contributed by atoms with Crippen molar-refractivity contribution in [3.63, 3.8) is 0 Å². The van der Waals surface area contributed by atoms with Crippen LogP contribution < -0.4 is 4.74 Å². The molecule has 0 saturated carbocycles.